The Kier molecular flexibility index (Phi) is 5.41. The van der Waals surface area contributed by atoms with Crippen LogP contribution in [0.1, 0.15) is 25.7 Å². The number of aromatic nitrogens is 1. The van der Waals surface area contributed by atoms with Gasteiger partial charge in [0.15, 0.2) is 0 Å². The van der Waals surface area contributed by atoms with Gasteiger partial charge in [-0.1, -0.05) is 0 Å². The van der Waals surface area contributed by atoms with E-state index < -0.39 is 0 Å². The van der Waals surface area contributed by atoms with Crippen LogP contribution < -0.4 is 4.90 Å². The lowest BCUT2D eigenvalue weighted by atomic mass is 9.85. The number of carbonyl (C=O) groups excluding carboxylic acids is 1. The third-order valence-electron chi connectivity index (χ3n) is 5.13. The Balaban J connectivity index is 1.47. The number of nitrogens with zero attached hydrogens (tertiary/aromatic N) is 4. The van der Waals surface area contributed by atoms with E-state index in [9.17, 15) is 4.79 Å². The van der Waals surface area contributed by atoms with Crippen LogP contribution in [0.3, 0.4) is 0 Å². The normalized spacial score (nSPS) is 25.9. The van der Waals surface area contributed by atoms with Crippen molar-refractivity contribution in [2.45, 2.75) is 31.7 Å². The van der Waals surface area contributed by atoms with Crippen LogP contribution in [0.25, 0.3) is 0 Å². The van der Waals surface area contributed by atoms with Gasteiger partial charge >= 0.3 is 0 Å². The molecule has 2 heterocycles. The summed E-state index contributed by atoms with van der Waals surface area (Å²) in [6, 6.07) is 4.79. The summed E-state index contributed by atoms with van der Waals surface area (Å²) in [6.45, 7) is 2.48. The molecule has 5 nitrogen and oxygen atoms in total. The zero-order valence-electron chi connectivity index (χ0n) is 13.9. The number of pyridine rings is 1. The highest BCUT2D eigenvalue weighted by molar-refractivity contribution is 14.1. The van der Waals surface area contributed by atoms with Gasteiger partial charge in [-0.2, -0.15) is 0 Å². The second-order valence-electron chi connectivity index (χ2n) is 6.87. The Morgan fingerprint density at radius 2 is 2.04 bits per heavy atom. The molecule has 1 amide bonds. The lowest BCUT2D eigenvalue weighted by Gasteiger charge is -2.35. The molecule has 2 aliphatic rings. The van der Waals surface area contributed by atoms with Crippen LogP contribution >= 0.6 is 22.6 Å². The van der Waals surface area contributed by atoms with Gasteiger partial charge in [0.05, 0.1) is 13.2 Å². The molecule has 0 radical (unpaired) electrons. The topological polar surface area (TPSA) is 39.7 Å². The van der Waals surface area contributed by atoms with Gasteiger partial charge in [0, 0.05) is 36.4 Å². The van der Waals surface area contributed by atoms with E-state index in [0.29, 0.717) is 12.6 Å². The minimum Gasteiger partial charge on any atom is -0.359 e. The average Bonchev–Trinajstić information content (AvgIpc) is 2.88. The van der Waals surface area contributed by atoms with Crippen LogP contribution in [0.5, 0.6) is 0 Å². The van der Waals surface area contributed by atoms with E-state index >= 15 is 0 Å². The first-order chi connectivity index (χ1) is 11.0. The largest absolute Gasteiger partial charge is 0.359 e. The summed E-state index contributed by atoms with van der Waals surface area (Å²) in [5.74, 6) is 2.05. The van der Waals surface area contributed by atoms with E-state index in [1.54, 1.807) is 0 Å². The fourth-order valence-electron chi connectivity index (χ4n) is 3.71. The van der Waals surface area contributed by atoms with Gasteiger partial charge in [0.2, 0.25) is 5.91 Å². The number of likely N-dealkylation sites (N-methyl/N-ethyl adjacent to an activating group) is 1. The van der Waals surface area contributed by atoms with E-state index in [0.717, 1.165) is 24.9 Å². The highest BCUT2D eigenvalue weighted by Crippen LogP contribution is 2.30. The summed E-state index contributed by atoms with van der Waals surface area (Å²) in [6.07, 6.45) is 6.82. The van der Waals surface area contributed by atoms with E-state index in [1.165, 1.54) is 29.3 Å². The highest BCUT2D eigenvalue weighted by atomic mass is 127. The maximum Gasteiger partial charge on any atom is 0.237 e. The Morgan fingerprint density at radius 3 is 2.61 bits per heavy atom. The molecule has 23 heavy (non-hydrogen) atoms. The Hall–Kier alpha value is -0.890. The van der Waals surface area contributed by atoms with Crippen LogP contribution in [-0.4, -0.2) is 60.6 Å². The van der Waals surface area contributed by atoms with Gasteiger partial charge in [-0.15, -0.1) is 0 Å². The monoisotopic (exact) mass is 428 g/mol. The molecule has 126 valence electrons. The summed E-state index contributed by atoms with van der Waals surface area (Å²) in [5, 5.41) is 0. The van der Waals surface area contributed by atoms with Crippen molar-refractivity contribution in [3.8, 4) is 0 Å². The number of anilines is 1. The third-order valence-corrected chi connectivity index (χ3v) is 5.76. The molecule has 1 aromatic heterocycles. The zero-order chi connectivity index (χ0) is 16.4. The number of carbonyl (C=O) groups is 1. The first-order valence-corrected chi connectivity index (χ1v) is 9.41. The van der Waals surface area contributed by atoms with Gasteiger partial charge in [-0.25, -0.2) is 4.98 Å². The molecule has 1 aliphatic carbocycles. The van der Waals surface area contributed by atoms with Crippen molar-refractivity contribution in [1.82, 2.24) is 14.8 Å². The van der Waals surface area contributed by atoms with Crippen LogP contribution in [0.4, 0.5) is 5.82 Å². The van der Waals surface area contributed by atoms with E-state index in [4.69, 9.17) is 0 Å². The summed E-state index contributed by atoms with van der Waals surface area (Å²) in [4.78, 5) is 22.7. The SMILES string of the molecule is CN1CN([C@H]2CC[C@H](CN(C)c3ccc(I)cn3)CC2)CC1=O. The van der Waals surface area contributed by atoms with Gasteiger partial charge < -0.3 is 9.80 Å². The zero-order valence-corrected chi connectivity index (χ0v) is 16.1. The predicted molar refractivity (Wildman–Crippen MR) is 100 cm³/mol. The number of hydrogen-bond acceptors (Lipinski definition) is 4. The Bertz CT molecular complexity index is 542. The van der Waals surface area contributed by atoms with Gasteiger partial charge in [0.25, 0.3) is 0 Å². The average molecular weight is 428 g/mol. The first kappa shape index (κ1) is 17.0. The van der Waals surface area contributed by atoms with Gasteiger partial charge in [-0.3, -0.25) is 9.69 Å². The van der Waals surface area contributed by atoms with Crippen molar-refractivity contribution in [2.24, 2.45) is 5.92 Å². The standard InChI is InChI=1S/C17H25IN4O/c1-20(16-8-5-14(18)9-19-16)10-13-3-6-15(7-4-13)22-11-17(23)21(2)12-22/h5,8-9,13,15H,3-4,6-7,10-12H2,1-2H3/t13-,15-. The second kappa shape index (κ2) is 7.34. The van der Waals surface area contributed by atoms with Crippen molar-refractivity contribution in [3.05, 3.63) is 21.9 Å². The minimum absolute atomic E-state index is 0.261. The van der Waals surface area contributed by atoms with Crippen LogP contribution in [-0.2, 0) is 4.79 Å². The molecule has 1 saturated heterocycles. The number of halogens is 1. The van der Waals surface area contributed by atoms with Gasteiger partial charge in [0.1, 0.15) is 5.82 Å². The molecule has 2 fully saturated rings. The van der Waals surface area contributed by atoms with Crippen molar-refractivity contribution in [1.29, 1.82) is 0 Å². The highest BCUT2D eigenvalue weighted by Gasteiger charge is 2.32. The summed E-state index contributed by atoms with van der Waals surface area (Å²) in [5.41, 5.74) is 0. The van der Waals surface area contributed by atoms with Crippen molar-refractivity contribution in [2.75, 3.05) is 38.8 Å². The molecular weight excluding hydrogens is 403 g/mol. The molecule has 1 aromatic rings. The second-order valence-corrected chi connectivity index (χ2v) is 8.12. The lowest BCUT2D eigenvalue weighted by molar-refractivity contribution is -0.125. The third kappa shape index (κ3) is 4.15. The smallest absolute Gasteiger partial charge is 0.237 e. The molecule has 0 aromatic carbocycles. The molecule has 3 rings (SSSR count). The van der Waals surface area contributed by atoms with Gasteiger partial charge in [-0.05, 0) is 66.3 Å². The van der Waals surface area contributed by atoms with Crippen LogP contribution in [0, 0.1) is 9.49 Å². The fraction of sp³-hybridized carbons (Fsp3) is 0.647. The van der Waals surface area contributed by atoms with E-state index in [2.05, 4.69) is 56.6 Å². The Labute approximate surface area is 152 Å². The molecule has 0 atom stereocenters. The molecule has 0 N–H and O–H groups in total. The van der Waals surface area contributed by atoms with Crippen molar-refractivity contribution < 1.29 is 4.79 Å². The van der Waals surface area contributed by atoms with Crippen molar-refractivity contribution >= 4 is 34.3 Å². The fourth-order valence-corrected chi connectivity index (χ4v) is 4.03. The molecule has 0 spiro atoms. The first-order valence-electron chi connectivity index (χ1n) is 8.33. The van der Waals surface area contributed by atoms with Crippen molar-refractivity contribution in [3.63, 3.8) is 0 Å². The summed E-state index contributed by atoms with van der Waals surface area (Å²) < 4.78 is 1.17. The number of amides is 1. The lowest BCUT2D eigenvalue weighted by Crippen LogP contribution is -2.39. The predicted octanol–water partition coefficient (Wildman–Crippen LogP) is 2.41. The maximum absolute atomic E-state index is 11.7. The molecule has 1 saturated carbocycles. The van der Waals surface area contributed by atoms with E-state index in [-0.39, 0.29) is 5.91 Å². The summed E-state index contributed by atoms with van der Waals surface area (Å²) in [7, 11) is 4.03. The summed E-state index contributed by atoms with van der Waals surface area (Å²) >= 11 is 2.29. The molecule has 0 bridgehead atoms. The van der Waals surface area contributed by atoms with Crippen LogP contribution in [0.15, 0.2) is 18.3 Å². The molecular formula is C17H25IN4O. The minimum atomic E-state index is 0.261. The van der Waals surface area contributed by atoms with E-state index in [1.807, 2.05) is 18.1 Å². The Morgan fingerprint density at radius 1 is 1.30 bits per heavy atom. The maximum atomic E-state index is 11.7. The van der Waals surface area contributed by atoms with Crippen LogP contribution in [0.2, 0.25) is 0 Å². The molecule has 0 unspecified atom stereocenters. The number of hydrogen-bond donors (Lipinski definition) is 0. The molecule has 6 heteroatoms. The number of rotatable bonds is 4. The molecule has 1 aliphatic heterocycles. The quantitative estimate of drug-likeness (QED) is 0.691.